The maximum atomic E-state index is 14.5. The summed E-state index contributed by atoms with van der Waals surface area (Å²) in [5.74, 6) is -1.44. The molecule has 2 bridgehead atoms. The first-order valence-corrected chi connectivity index (χ1v) is 23.2. The van der Waals surface area contributed by atoms with Crippen LogP contribution in [0.15, 0.2) is 176 Å². The van der Waals surface area contributed by atoms with Crippen LogP contribution in [-0.4, -0.2) is 93.7 Å². The maximum Gasteiger partial charge on any atom is 0.338 e. The summed E-state index contributed by atoms with van der Waals surface area (Å²) in [4.78, 5) is 28.3. The molecule has 3 aliphatic rings. The molecule has 2 saturated heterocycles. The summed E-state index contributed by atoms with van der Waals surface area (Å²) in [6, 6.07) is 54.8. The van der Waals surface area contributed by atoms with Gasteiger partial charge in [0.2, 0.25) is 0 Å². The topological polar surface area (TPSA) is 136 Å². The summed E-state index contributed by atoms with van der Waals surface area (Å²) in [6.45, 7) is 0.636. The molecule has 0 saturated carbocycles. The average molecular weight is 937 g/mol. The van der Waals surface area contributed by atoms with Crippen molar-refractivity contribution in [3.63, 3.8) is 0 Å². The predicted molar refractivity (Wildman–Crippen MR) is 251 cm³/mol. The maximum absolute atomic E-state index is 14.5. The van der Waals surface area contributed by atoms with Crippen LogP contribution in [0.5, 0.6) is 0 Å². The van der Waals surface area contributed by atoms with Gasteiger partial charge in [0.1, 0.15) is 49.3 Å². The number of fused-ring (bicyclic) bond motifs is 4. The zero-order valence-corrected chi connectivity index (χ0v) is 38.3. The molecule has 358 valence electrons. The first-order chi connectivity index (χ1) is 34.0. The lowest BCUT2D eigenvalue weighted by atomic mass is 9.95. The number of carbonyl (C=O) groups excluding carboxylic acids is 2. The summed E-state index contributed by atoms with van der Waals surface area (Å²) in [6.07, 6.45) is -10.4. The molecule has 3 heterocycles. The van der Waals surface area contributed by atoms with Gasteiger partial charge in [0.15, 0.2) is 18.7 Å². The Bertz CT molecular complexity index is 2500. The Morgan fingerprint density at radius 2 is 0.913 bits per heavy atom. The highest BCUT2D eigenvalue weighted by atomic mass is 16.8. The number of hydrogen-bond donors (Lipinski definition) is 0. The molecule has 69 heavy (non-hydrogen) atoms. The standard InChI is InChI=1S/C56H56O13/c1-59-55-51(64-35-42-26-15-6-16-27-42)50(63-34-41-24-13-5-14-25-41)48-46(66-55)37-65-53(57)43-28-17-29-44(30-43)54(58)68-52-49(62-33-40-22-11-4-12-23-40)47(61-32-39-20-9-3-10-21-39)45(67-56(52)69-48)36-60-31-38-18-7-2-8-19-38/h2-30,45-52,55-56H,31-37H2,1H3/t45-,46-,47-,48-,49+,50+,51-,52+,55+,56-/m1/s1. The van der Waals surface area contributed by atoms with Crippen LogP contribution in [0.25, 0.3) is 0 Å². The minimum atomic E-state index is -1.37. The van der Waals surface area contributed by atoms with E-state index in [-0.39, 0.29) is 57.4 Å². The van der Waals surface area contributed by atoms with Gasteiger partial charge in [0.25, 0.3) is 0 Å². The lowest BCUT2D eigenvalue weighted by Crippen LogP contribution is -2.66. The monoisotopic (exact) mass is 936 g/mol. The number of carbonyl (C=O) groups is 2. The number of methoxy groups -OCH3 is 1. The van der Waals surface area contributed by atoms with Crippen LogP contribution in [0.4, 0.5) is 0 Å². The molecular formula is C56H56O13. The third-order valence-electron chi connectivity index (χ3n) is 12.2. The Morgan fingerprint density at radius 3 is 1.42 bits per heavy atom. The highest BCUT2D eigenvalue weighted by Crippen LogP contribution is 2.37. The Balaban J connectivity index is 1.14. The third kappa shape index (κ3) is 12.6. The SMILES string of the molecule is CO[C@H]1O[C@@H]2COC(=O)c3cccc(c3)C(=O)O[C@@H]3[C@@H](O[C@H]2[C@H](OCc2ccccc2)[C@H]1OCc1ccccc1)O[C@H](COCc1ccccc1)[C@@H](OCc1ccccc1)[C@@H]3OCc1ccccc1. The van der Waals surface area contributed by atoms with E-state index >= 15 is 0 Å². The zero-order valence-electron chi connectivity index (χ0n) is 38.3. The van der Waals surface area contributed by atoms with Crippen LogP contribution < -0.4 is 0 Å². The Labute approximate surface area is 402 Å². The molecule has 2 fully saturated rings. The lowest BCUT2D eigenvalue weighted by Gasteiger charge is -2.49. The molecule has 0 aromatic heterocycles. The van der Waals surface area contributed by atoms with Gasteiger partial charge in [0, 0.05) is 7.11 Å². The third-order valence-corrected chi connectivity index (χ3v) is 12.2. The van der Waals surface area contributed by atoms with E-state index in [0.29, 0.717) is 0 Å². The molecule has 6 aromatic carbocycles. The van der Waals surface area contributed by atoms with Crippen molar-refractivity contribution in [3.05, 3.63) is 215 Å². The normalized spacial score (nSPS) is 25.9. The van der Waals surface area contributed by atoms with Gasteiger partial charge in [-0.1, -0.05) is 158 Å². The number of benzene rings is 6. The Hall–Kier alpha value is -6.10. The zero-order chi connectivity index (χ0) is 47.2. The van der Waals surface area contributed by atoms with Gasteiger partial charge in [0.05, 0.1) is 50.8 Å². The van der Waals surface area contributed by atoms with Gasteiger partial charge in [-0.25, -0.2) is 9.59 Å². The number of cyclic esters (lactones) is 1. The van der Waals surface area contributed by atoms with Gasteiger partial charge in [-0.3, -0.25) is 0 Å². The van der Waals surface area contributed by atoms with Gasteiger partial charge in [-0.05, 0) is 46.0 Å². The Morgan fingerprint density at radius 1 is 0.464 bits per heavy atom. The smallest absolute Gasteiger partial charge is 0.338 e. The quantitative estimate of drug-likeness (QED) is 0.0811. The van der Waals surface area contributed by atoms with Gasteiger partial charge in [-0.15, -0.1) is 0 Å². The molecule has 0 amide bonds. The fraction of sp³-hybridized carbons (Fsp3) is 0.321. The van der Waals surface area contributed by atoms with Crippen LogP contribution >= 0.6 is 0 Å². The van der Waals surface area contributed by atoms with Gasteiger partial charge >= 0.3 is 11.9 Å². The molecule has 0 radical (unpaired) electrons. The lowest BCUT2D eigenvalue weighted by molar-refractivity contribution is -0.370. The molecular weight excluding hydrogens is 881 g/mol. The van der Waals surface area contributed by atoms with E-state index in [2.05, 4.69) is 0 Å². The molecule has 13 nitrogen and oxygen atoms in total. The summed E-state index contributed by atoms with van der Waals surface area (Å²) in [7, 11) is 1.51. The molecule has 9 rings (SSSR count). The number of rotatable bonds is 17. The first-order valence-electron chi connectivity index (χ1n) is 23.2. The van der Waals surface area contributed by atoms with Crippen LogP contribution in [0.2, 0.25) is 0 Å². The van der Waals surface area contributed by atoms with E-state index in [1.807, 2.05) is 152 Å². The van der Waals surface area contributed by atoms with Crippen molar-refractivity contribution in [1.82, 2.24) is 0 Å². The van der Waals surface area contributed by atoms with Crippen LogP contribution in [-0.2, 0) is 85.1 Å². The molecule has 0 spiro atoms. The molecule has 10 atom stereocenters. The molecule has 0 unspecified atom stereocenters. The van der Waals surface area contributed by atoms with E-state index in [1.165, 1.54) is 13.2 Å². The summed E-state index contributed by atoms with van der Waals surface area (Å²) in [5.41, 5.74) is 4.77. The van der Waals surface area contributed by atoms with Gasteiger partial charge in [-0.2, -0.15) is 0 Å². The predicted octanol–water partition coefficient (Wildman–Crippen LogP) is 8.42. The molecule has 0 aliphatic carbocycles. The largest absolute Gasteiger partial charge is 0.459 e. The fourth-order valence-electron chi connectivity index (χ4n) is 8.67. The second-order valence-corrected chi connectivity index (χ2v) is 17.0. The second kappa shape index (κ2) is 24.0. The first kappa shape index (κ1) is 47.9. The van der Waals surface area contributed by atoms with Crippen molar-refractivity contribution in [2.24, 2.45) is 0 Å². The molecule has 6 aromatic rings. The number of hydrogen-bond acceptors (Lipinski definition) is 13. The van der Waals surface area contributed by atoms with E-state index in [4.69, 9.17) is 52.1 Å². The minimum absolute atomic E-state index is 0.0345. The minimum Gasteiger partial charge on any atom is -0.459 e. The highest BCUT2D eigenvalue weighted by molar-refractivity contribution is 5.95. The summed E-state index contributed by atoms with van der Waals surface area (Å²) in [5, 5.41) is 0. The molecule has 3 aliphatic heterocycles. The summed E-state index contributed by atoms with van der Waals surface area (Å²) >= 11 is 0. The number of ether oxygens (including phenoxy) is 11. The van der Waals surface area contributed by atoms with Crippen molar-refractivity contribution in [1.29, 1.82) is 0 Å². The average Bonchev–Trinajstić information content (AvgIpc) is 3.40. The summed E-state index contributed by atoms with van der Waals surface area (Å²) < 4.78 is 73.1. The van der Waals surface area contributed by atoms with Crippen LogP contribution in [0.3, 0.4) is 0 Å². The van der Waals surface area contributed by atoms with Crippen LogP contribution in [0.1, 0.15) is 48.5 Å². The van der Waals surface area contributed by atoms with Gasteiger partial charge < -0.3 is 52.1 Å². The van der Waals surface area contributed by atoms with Crippen molar-refractivity contribution in [2.45, 2.75) is 94.4 Å². The molecule has 13 heteroatoms. The van der Waals surface area contributed by atoms with E-state index in [1.54, 1.807) is 18.2 Å². The Kier molecular flexibility index (Phi) is 16.6. The van der Waals surface area contributed by atoms with Crippen LogP contribution in [0, 0.1) is 0 Å². The van der Waals surface area contributed by atoms with E-state index in [0.717, 1.165) is 27.8 Å². The van der Waals surface area contributed by atoms with Crippen molar-refractivity contribution >= 4 is 11.9 Å². The van der Waals surface area contributed by atoms with Crippen molar-refractivity contribution < 1.29 is 61.7 Å². The highest BCUT2D eigenvalue weighted by Gasteiger charge is 2.55. The second-order valence-electron chi connectivity index (χ2n) is 17.0. The van der Waals surface area contributed by atoms with Crippen molar-refractivity contribution in [3.8, 4) is 0 Å². The van der Waals surface area contributed by atoms with Crippen molar-refractivity contribution in [2.75, 3.05) is 20.3 Å². The number of esters is 2. The van der Waals surface area contributed by atoms with E-state index in [9.17, 15) is 9.59 Å². The van der Waals surface area contributed by atoms with E-state index < -0.39 is 73.4 Å². The fourth-order valence-corrected chi connectivity index (χ4v) is 8.67. The molecule has 0 N–H and O–H groups in total.